The van der Waals surface area contributed by atoms with E-state index in [1.54, 1.807) is 10.7 Å². The molecule has 0 amide bonds. The molecule has 1 aliphatic heterocycles. The van der Waals surface area contributed by atoms with Gasteiger partial charge in [0, 0.05) is 25.2 Å². The average molecular weight is 233 g/mol. The standard InChI is InChI=1S/C10H15N7/c1-10(2)7-16(4-3-12-10)9-6-11-5-8-13-14-15-17(8)9/h5-6,12H,3-4,7H2,1-2H3. The van der Waals surface area contributed by atoms with E-state index in [-0.39, 0.29) is 5.54 Å². The molecular weight excluding hydrogens is 218 g/mol. The Morgan fingerprint density at radius 2 is 2.24 bits per heavy atom. The van der Waals surface area contributed by atoms with Gasteiger partial charge in [0.25, 0.3) is 0 Å². The molecule has 90 valence electrons. The lowest BCUT2D eigenvalue weighted by Gasteiger charge is -2.39. The van der Waals surface area contributed by atoms with Crippen LogP contribution in [0.15, 0.2) is 12.4 Å². The van der Waals surface area contributed by atoms with Crippen molar-refractivity contribution in [2.45, 2.75) is 19.4 Å². The van der Waals surface area contributed by atoms with Crippen LogP contribution in [0.1, 0.15) is 13.8 Å². The van der Waals surface area contributed by atoms with Gasteiger partial charge in [-0.1, -0.05) is 0 Å². The van der Waals surface area contributed by atoms with Gasteiger partial charge in [-0.05, 0) is 24.3 Å². The van der Waals surface area contributed by atoms with Crippen molar-refractivity contribution in [1.29, 1.82) is 0 Å². The molecule has 3 heterocycles. The number of piperazine rings is 1. The molecule has 0 unspecified atom stereocenters. The van der Waals surface area contributed by atoms with E-state index in [1.165, 1.54) is 0 Å². The van der Waals surface area contributed by atoms with Crippen LogP contribution in [0.3, 0.4) is 0 Å². The summed E-state index contributed by atoms with van der Waals surface area (Å²) in [6.07, 6.45) is 3.47. The molecule has 1 saturated heterocycles. The molecule has 0 bridgehead atoms. The van der Waals surface area contributed by atoms with E-state index in [0.717, 1.165) is 25.5 Å². The zero-order valence-electron chi connectivity index (χ0n) is 9.96. The molecular formula is C10H15N7. The number of anilines is 1. The van der Waals surface area contributed by atoms with Gasteiger partial charge in [0.15, 0.2) is 11.5 Å². The van der Waals surface area contributed by atoms with Gasteiger partial charge in [-0.15, -0.1) is 5.10 Å². The maximum absolute atomic E-state index is 4.18. The Morgan fingerprint density at radius 1 is 1.35 bits per heavy atom. The Hall–Kier alpha value is -1.76. The van der Waals surface area contributed by atoms with E-state index in [2.05, 4.69) is 44.6 Å². The molecule has 2 aromatic heterocycles. The highest BCUT2D eigenvalue weighted by Gasteiger charge is 2.27. The molecule has 1 N–H and O–H groups in total. The predicted octanol–water partition coefficient (Wildman–Crippen LogP) is -0.292. The summed E-state index contributed by atoms with van der Waals surface area (Å²) in [7, 11) is 0. The first kappa shape index (κ1) is 10.4. The molecule has 7 nitrogen and oxygen atoms in total. The quantitative estimate of drug-likeness (QED) is 0.729. The minimum absolute atomic E-state index is 0.0917. The van der Waals surface area contributed by atoms with Crippen molar-refractivity contribution in [3.63, 3.8) is 0 Å². The van der Waals surface area contributed by atoms with Crippen LogP contribution in [0.25, 0.3) is 5.65 Å². The lowest BCUT2D eigenvalue weighted by Crippen LogP contribution is -2.57. The van der Waals surface area contributed by atoms with Crippen LogP contribution in [-0.4, -0.2) is 50.2 Å². The first-order valence-corrected chi connectivity index (χ1v) is 5.68. The number of aromatic nitrogens is 5. The number of tetrazole rings is 1. The Labute approximate surface area is 98.8 Å². The average Bonchev–Trinajstić information content (AvgIpc) is 2.75. The fourth-order valence-corrected chi connectivity index (χ4v) is 2.22. The summed E-state index contributed by atoms with van der Waals surface area (Å²) in [5.41, 5.74) is 0.771. The Balaban J connectivity index is 2.00. The molecule has 1 fully saturated rings. The predicted molar refractivity (Wildman–Crippen MR) is 62.9 cm³/mol. The third-order valence-electron chi connectivity index (χ3n) is 2.99. The van der Waals surface area contributed by atoms with Gasteiger partial charge < -0.3 is 10.2 Å². The first-order valence-electron chi connectivity index (χ1n) is 5.68. The van der Waals surface area contributed by atoms with Crippen LogP contribution in [0.2, 0.25) is 0 Å². The summed E-state index contributed by atoms with van der Waals surface area (Å²) in [6, 6.07) is 0. The van der Waals surface area contributed by atoms with Gasteiger partial charge in [-0.25, -0.2) is 0 Å². The number of hydrogen-bond acceptors (Lipinski definition) is 6. The maximum atomic E-state index is 4.18. The molecule has 17 heavy (non-hydrogen) atoms. The van der Waals surface area contributed by atoms with E-state index < -0.39 is 0 Å². The highest BCUT2D eigenvalue weighted by atomic mass is 15.5. The molecule has 0 radical (unpaired) electrons. The van der Waals surface area contributed by atoms with Gasteiger partial charge in [-0.3, -0.25) is 4.98 Å². The van der Waals surface area contributed by atoms with Crippen LogP contribution >= 0.6 is 0 Å². The molecule has 2 aromatic rings. The lowest BCUT2D eigenvalue weighted by molar-refractivity contribution is 0.350. The molecule has 0 aromatic carbocycles. The van der Waals surface area contributed by atoms with Crippen molar-refractivity contribution in [3.8, 4) is 0 Å². The summed E-state index contributed by atoms with van der Waals surface area (Å²) < 4.78 is 1.73. The third-order valence-corrected chi connectivity index (χ3v) is 2.99. The fourth-order valence-electron chi connectivity index (χ4n) is 2.22. The molecule has 1 aliphatic rings. The van der Waals surface area contributed by atoms with E-state index in [0.29, 0.717) is 5.65 Å². The number of fused-ring (bicyclic) bond motifs is 1. The Bertz CT molecular complexity index is 532. The van der Waals surface area contributed by atoms with Crippen LogP contribution in [-0.2, 0) is 0 Å². The van der Waals surface area contributed by atoms with Crippen molar-refractivity contribution >= 4 is 11.5 Å². The minimum Gasteiger partial charge on any atom is -0.352 e. The van der Waals surface area contributed by atoms with Crippen molar-refractivity contribution in [1.82, 2.24) is 30.3 Å². The van der Waals surface area contributed by atoms with Gasteiger partial charge in [0.2, 0.25) is 0 Å². The van der Waals surface area contributed by atoms with Crippen molar-refractivity contribution < 1.29 is 0 Å². The first-order chi connectivity index (χ1) is 8.16. The Morgan fingerprint density at radius 3 is 3.06 bits per heavy atom. The molecule has 7 heteroatoms. The van der Waals surface area contributed by atoms with E-state index in [1.807, 2.05) is 6.20 Å². The van der Waals surface area contributed by atoms with E-state index >= 15 is 0 Å². The molecule has 0 aliphatic carbocycles. The molecule has 0 spiro atoms. The molecule has 3 rings (SSSR count). The van der Waals surface area contributed by atoms with E-state index in [9.17, 15) is 0 Å². The van der Waals surface area contributed by atoms with E-state index in [4.69, 9.17) is 0 Å². The number of rotatable bonds is 1. The summed E-state index contributed by atoms with van der Waals surface area (Å²) in [5.74, 6) is 0.946. The third kappa shape index (κ3) is 1.82. The van der Waals surface area contributed by atoms with Gasteiger partial charge >= 0.3 is 0 Å². The normalized spacial score (nSPS) is 19.8. The summed E-state index contributed by atoms with van der Waals surface area (Å²) in [5, 5.41) is 15.1. The zero-order valence-corrected chi connectivity index (χ0v) is 9.96. The van der Waals surface area contributed by atoms with Crippen molar-refractivity contribution in [3.05, 3.63) is 12.4 Å². The summed E-state index contributed by atoms with van der Waals surface area (Å²) >= 11 is 0. The summed E-state index contributed by atoms with van der Waals surface area (Å²) in [6.45, 7) is 7.17. The van der Waals surface area contributed by atoms with Crippen LogP contribution < -0.4 is 10.2 Å². The molecule has 0 atom stereocenters. The minimum atomic E-state index is 0.0917. The van der Waals surface area contributed by atoms with Crippen LogP contribution in [0, 0.1) is 0 Å². The highest BCUT2D eigenvalue weighted by Crippen LogP contribution is 2.18. The summed E-state index contributed by atoms with van der Waals surface area (Å²) in [4.78, 5) is 6.44. The van der Waals surface area contributed by atoms with Crippen molar-refractivity contribution in [2.24, 2.45) is 0 Å². The highest BCUT2D eigenvalue weighted by molar-refractivity contribution is 5.46. The monoisotopic (exact) mass is 233 g/mol. The number of hydrogen-bond donors (Lipinski definition) is 1. The van der Waals surface area contributed by atoms with Crippen LogP contribution in [0.5, 0.6) is 0 Å². The second kappa shape index (κ2) is 3.63. The lowest BCUT2D eigenvalue weighted by atomic mass is 10.0. The SMILES string of the molecule is CC1(C)CN(c2cncc3nnnn23)CCN1. The number of nitrogens with one attached hydrogen (secondary N) is 1. The fraction of sp³-hybridized carbons (Fsp3) is 0.600. The largest absolute Gasteiger partial charge is 0.352 e. The molecule has 0 saturated carbocycles. The topological polar surface area (TPSA) is 71.2 Å². The zero-order chi connectivity index (χ0) is 11.9. The number of nitrogens with zero attached hydrogens (tertiary/aromatic N) is 6. The maximum Gasteiger partial charge on any atom is 0.199 e. The van der Waals surface area contributed by atoms with Gasteiger partial charge in [-0.2, -0.15) is 4.52 Å². The van der Waals surface area contributed by atoms with Crippen molar-refractivity contribution in [2.75, 3.05) is 24.5 Å². The second-order valence-electron chi connectivity index (χ2n) is 4.95. The van der Waals surface area contributed by atoms with Crippen LogP contribution in [0.4, 0.5) is 5.82 Å². The van der Waals surface area contributed by atoms with Gasteiger partial charge in [0.1, 0.15) is 0 Å². The van der Waals surface area contributed by atoms with Gasteiger partial charge in [0.05, 0.1) is 12.4 Å². The second-order valence-corrected chi connectivity index (χ2v) is 4.95. The smallest absolute Gasteiger partial charge is 0.199 e. The Kier molecular flexibility index (Phi) is 2.22.